The summed E-state index contributed by atoms with van der Waals surface area (Å²) in [4.78, 5) is 25.3. The third kappa shape index (κ3) is 3.24. The van der Waals surface area contributed by atoms with E-state index < -0.39 is 5.72 Å². The fourth-order valence-corrected chi connectivity index (χ4v) is 3.39. The molecule has 0 saturated carbocycles. The first-order valence-corrected chi connectivity index (χ1v) is 8.29. The van der Waals surface area contributed by atoms with Crippen molar-refractivity contribution >= 4 is 11.9 Å². The van der Waals surface area contributed by atoms with E-state index in [4.69, 9.17) is 9.47 Å². The Morgan fingerprint density at radius 3 is 2.70 bits per heavy atom. The summed E-state index contributed by atoms with van der Waals surface area (Å²) in [6.07, 6.45) is 10.6. The largest absolute Gasteiger partial charge is 0.437 e. The molecule has 0 aliphatic carbocycles. The number of piperidine rings is 1. The molecule has 5 nitrogen and oxygen atoms in total. The molecule has 0 aromatic carbocycles. The number of likely N-dealkylation sites (tertiary alicyclic amines) is 1. The number of hydrogen-bond donors (Lipinski definition) is 0. The van der Waals surface area contributed by atoms with Gasteiger partial charge in [-0.15, -0.1) is 0 Å². The highest BCUT2D eigenvalue weighted by Gasteiger charge is 2.44. The monoisotopic (exact) mass is 317 g/mol. The average Bonchev–Trinajstić information content (AvgIpc) is 2.97. The second-order valence-corrected chi connectivity index (χ2v) is 6.47. The Morgan fingerprint density at radius 1 is 1.22 bits per heavy atom. The van der Waals surface area contributed by atoms with Crippen LogP contribution in [-0.4, -0.2) is 35.7 Å². The number of rotatable bonds is 4. The smallest absolute Gasteiger partial charge is 0.339 e. The van der Waals surface area contributed by atoms with Gasteiger partial charge in [-0.25, -0.2) is 9.59 Å². The summed E-state index contributed by atoms with van der Waals surface area (Å²) in [5.41, 5.74) is 0.824. The molecule has 3 aliphatic heterocycles. The molecule has 1 atom stereocenters. The van der Waals surface area contributed by atoms with Crippen LogP contribution < -0.4 is 0 Å². The van der Waals surface area contributed by atoms with Crippen LogP contribution in [0.4, 0.5) is 0 Å². The van der Waals surface area contributed by atoms with Gasteiger partial charge in [0.05, 0.1) is 0 Å². The molecule has 0 aromatic rings. The molecule has 3 aliphatic rings. The number of allylic oxidation sites excluding steroid dienone is 2. The first kappa shape index (κ1) is 16.0. The number of nitrogens with zero attached hydrogens (tertiary/aromatic N) is 1. The van der Waals surface area contributed by atoms with Crippen molar-refractivity contribution in [3.05, 3.63) is 35.1 Å². The van der Waals surface area contributed by atoms with Gasteiger partial charge in [0, 0.05) is 30.7 Å². The standard InChI is InChI=1S/C18H23NO4/c1-13-11-15(22-16(13)20)7-3-5-9-19-10-6-4-8-18(19)12-14(2)17(21)23-18/h7,11-12H,3-6,8-10H2,1-2H3/b15-7+. The van der Waals surface area contributed by atoms with Crippen LogP contribution in [0.1, 0.15) is 46.0 Å². The normalized spacial score (nSPS) is 29.7. The van der Waals surface area contributed by atoms with Crippen molar-refractivity contribution in [2.24, 2.45) is 0 Å². The molecule has 1 fully saturated rings. The summed E-state index contributed by atoms with van der Waals surface area (Å²) < 4.78 is 10.8. The molecule has 0 radical (unpaired) electrons. The lowest BCUT2D eigenvalue weighted by molar-refractivity contribution is -0.168. The second kappa shape index (κ2) is 6.32. The number of ether oxygens (including phenoxy) is 2. The Balaban J connectivity index is 1.56. The van der Waals surface area contributed by atoms with Gasteiger partial charge in [-0.05, 0) is 57.8 Å². The van der Waals surface area contributed by atoms with Crippen LogP contribution in [0.25, 0.3) is 0 Å². The molecule has 0 bridgehead atoms. The maximum Gasteiger partial charge on any atom is 0.339 e. The summed E-state index contributed by atoms with van der Waals surface area (Å²) in [5.74, 6) is 0.186. The quantitative estimate of drug-likeness (QED) is 0.589. The molecular formula is C18H23NO4. The fraction of sp³-hybridized carbons (Fsp3) is 0.556. The fourth-order valence-electron chi connectivity index (χ4n) is 3.39. The zero-order valence-electron chi connectivity index (χ0n) is 13.8. The maximum absolute atomic E-state index is 11.8. The minimum atomic E-state index is -0.525. The lowest BCUT2D eigenvalue weighted by atomic mass is 9.97. The van der Waals surface area contributed by atoms with Gasteiger partial charge in [-0.3, -0.25) is 4.90 Å². The molecule has 3 heterocycles. The molecule has 0 aromatic heterocycles. The Hall–Kier alpha value is -1.88. The van der Waals surface area contributed by atoms with Crippen LogP contribution in [0.2, 0.25) is 0 Å². The predicted molar refractivity (Wildman–Crippen MR) is 85.2 cm³/mol. The number of hydrogen-bond acceptors (Lipinski definition) is 5. The third-order valence-electron chi connectivity index (χ3n) is 4.65. The topological polar surface area (TPSA) is 55.8 Å². The van der Waals surface area contributed by atoms with Crippen LogP contribution >= 0.6 is 0 Å². The minimum absolute atomic E-state index is 0.197. The number of cyclic esters (lactones) is 1. The Labute approximate surface area is 136 Å². The predicted octanol–water partition coefficient (Wildman–Crippen LogP) is 2.84. The van der Waals surface area contributed by atoms with Crippen molar-refractivity contribution in [3.63, 3.8) is 0 Å². The number of unbranched alkanes of at least 4 members (excludes halogenated alkanes) is 1. The van der Waals surface area contributed by atoms with Gasteiger partial charge >= 0.3 is 11.9 Å². The van der Waals surface area contributed by atoms with Crippen molar-refractivity contribution in [1.82, 2.24) is 4.90 Å². The summed E-state index contributed by atoms with van der Waals surface area (Å²) in [5, 5.41) is 0. The highest BCUT2D eigenvalue weighted by atomic mass is 16.6. The van der Waals surface area contributed by atoms with E-state index in [9.17, 15) is 9.59 Å². The molecule has 3 rings (SSSR count). The zero-order chi connectivity index (χ0) is 16.4. The van der Waals surface area contributed by atoms with Crippen molar-refractivity contribution < 1.29 is 19.1 Å². The first-order valence-electron chi connectivity index (χ1n) is 8.29. The van der Waals surface area contributed by atoms with Gasteiger partial charge in [0.15, 0.2) is 5.72 Å². The van der Waals surface area contributed by atoms with Crippen LogP contribution in [0.5, 0.6) is 0 Å². The van der Waals surface area contributed by atoms with Gasteiger partial charge in [0.2, 0.25) is 0 Å². The Kier molecular flexibility index (Phi) is 4.39. The van der Waals surface area contributed by atoms with Gasteiger partial charge in [-0.1, -0.05) is 0 Å². The highest BCUT2D eigenvalue weighted by Crippen LogP contribution is 2.36. The lowest BCUT2D eigenvalue weighted by Crippen LogP contribution is -2.51. The van der Waals surface area contributed by atoms with E-state index in [-0.39, 0.29) is 11.9 Å². The van der Waals surface area contributed by atoms with Crippen LogP contribution in [-0.2, 0) is 19.1 Å². The van der Waals surface area contributed by atoms with Crippen molar-refractivity contribution in [2.45, 2.75) is 51.7 Å². The Morgan fingerprint density at radius 2 is 2.04 bits per heavy atom. The van der Waals surface area contributed by atoms with Crippen LogP contribution in [0, 0.1) is 0 Å². The van der Waals surface area contributed by atoms with E-state index in [2.05, 4.69) is 4.90 Å². The number of esters is 2. The van der Waals surface area contributed by atoms with Crippen LogP contribution in [0.3, 0.4) is 0 Å². The average molecular weight is 317 g/mol. The van der Waals surface area contributed by atoms with E-state index in [0.29, 0.717) is 16.9 Å². The Bertz CT molecular complexity index is 617. The van der Waals surface area contributed by atoms with Crippen molar-refractivity contribution in [3.8, 4) is 0 Å². The highest BCUT2D eigenvalue weighted by molar-refractivity contribution is 5.92. The van der Waals surface area contributed by atoms with Gasteiger partial charge in [0.25, 0.3) is 0 Å². The molecule has 1 spiro atoms. The van der Waals surface area contributed by atoms with E-state index in [1.165, 1.54) is 0 Å². The van der Waals surface area contributed by atoms with Crippen LogP contribution in [0.15, 0.2) is 35.1 Å². The second-order valence-electron chi connectivity index (χ2n) is 6.47. The molecule has 1 saturated heterocycles. The van der Waals surface area contributed by atoms with Gasteiger partial charge < -0.3 is 9.47 Å². The lowest BCUT2D eigenvalue weighted by Gasteiger charge is -2.42. The first-order chi connectivity index (χ1) is 11.0. The molecule has 23 heavy (non-hydrogen) atoms. The molecule has 124 valence electrons. The van der Waals surface area contributed by atoms with E-state index in [0.717, 1.165) is 45.2 Å². The van der Waals surface area contributed by atoms with Gasteiger partial charge in [0.1, 0.15) is 5.76 Å². The summed E-state index contributed by atoms with van der Waals surface area (Å²) in [7, 11) is 0. The van der Waals surface area contributed by atoms with E-state index >= 15 is 0 Å². The number of carbonyl (C=O) groups excluding carboxylic acids is 2. The van der Waals surface area contributed by atoms with Crippen molar-refractivity contribution in [1.29, 1.82) is 0 Å². The summed E-state index contributed by atoms with van der Waals surface area (Å²) >= 11 is 0. The molecule has 1 unspecified atom stereocenters. The van der Waals surface area contributed by atoms with Crippen molar-refractivity contribution in [2.75, 3.05) is 13.1 Å². The SMILES string of the molecule is CC1=C/C(=C\CCCN2CCCCC23C=C(C)C(=O)O3)OC1=O. The van der Waals surface area contributed by atoms with E-state index in [1.807, 2.05) is 19.1 Å². The molecule has 0 amide bonds. The summed E-state index contributed by atoms with van der Waals surface area (Å²) in [6.45, 7) is 5.38. The van der Waals surface area contributed by atoms with Gasteiger partial charge in [-0.2, -0.15) is 0 Å². The molecule has 5 heteroatoms. The van der Waals surface area contributed by atoms with E-state index in [1.54, 1.807) is 13.0 Å². The summed E-state index contributed by atoms with van der Waals surface area (Å²) in [6, 6.07) is 0. The zero-order valence-corrected chi connectivity index (χ0v) is 13.8. The maximum atomic E-state index is 11.8. The number of carbonyl (C=O) groups is 2. The third-order valence-corrected chi connectivity index (χ3v) is 4.65. The minimum Gasteiger partial charge on any atom is -0.437 e. The molecular weight excluding hydrogens is 294 g/mol. The molecule has 0 N–H and O–H groups in total.